The third-order valence-corrected chi connectivity index (χ3v) is 3.40. The van der Waals surface area contributed by atoms with Crippen LogP contribution in [0.4, 0.5) is 15.8 Å². The fourth-order valence-electron chi connectivity index (χ4n) is 2.52. The van der Waals surface area contributed by atoms with Crippen LogP contribution in [0.3, 0.4) is 0 Å². The first-order chi connectivity index (χ1) is 9.40. The van der Waals surface area contributed by atoms with Crippen LogP contribution in [0, 0.1) is 19.7 Å². The van der Waals surface area contributed by atoms with Crippen LogP contribution < -0.4 is 4.90 Å². The first-order valence-corrected chi connectivity index (χ1v) is 6.68. The Hall–Kier alpha value is -1.87. The third-order valence-electron chi connectivity index (χ3n) is 3.40. The summed E-state index contributed by atoms with van der Waals surface area (Å²) in [6.07, 6.45) is -0.848. The van der Waals surface area contributed by atoms with Crippen molar-refractivity contribution in [2.75, 3.05) is 11.9 Å². The van der Waals surface area contributed by atoms with Gasteiger partial charge in [-0.3, -0.25) is 0 Å². The first kappa shape index (κ1) is 14.5. The smallest absolute Gasteiger partial charge is 0.131 e. The summed E-state index contributed by atoms with van der Waals surface area (Å²) in [5.41, 5.74) is 4.30. The molecule has 2 aromatic carbocycles. The van der Waals surface area contributed by atoms with Gasteiger partial charge in [-0.1, -0.05) is 12.1 Å². The van der Waals surface area contributed by atoms with Gasteiger partial charge in [0.05, 0.1) is 6.10 Å². The van der Waals surface area contributed by atoms with Crippen molar-refractivity contribution in [3.63, 3.8) is 0 Å². The molecule has 0 bridgehead atoms. The van der Waals surface area contributed by atoms with Gasteiger partial charge in [0.25, 0.3) is 0 Å². The molecule has 0 radical (unpaired) electrons. The lowest BCUT2D eigenvalue weighted by Crippen LogP contribution is -2.14. The predicted molar refractivity (Wildman–Crippen MR) is 81.0 cm³/mol. The van der Waals surface area contributed by atoms with Gasteiger partial charge in [0.15, 0.2) is 0 Å². The summed E-state index contributed by atoms with van der Waals surface area (Å²) in [5, 5.41) is 9.82. The van der Waals surface area contributed by atoms with Crippen LogP contribution in [0.15, 0.2) is 36.4 Å². The highest BCUT2D eigenvalue weighted by Gasteiger charge is 2.17. The van der Waals surface area contributed by atoms with Gasteiger partial charge < -0.3 is 10.0 Å². The highest BCUT2D eigenvalue weighted by atomic mass is 19.1. The second kappa shape index (κ2) is 5.63. The summed E-state index contributed by atoms with van der Waals surface area (Å²) in [6, 6.07) is 11.0. The van der Waals surface area contributed by atoms with E-state index in [2.05, 4.69) is 6.07 Å². The zero-order chi connectivity index (χ0) is 14.9. The average molecular weight is 273 g/mol. The molecule has 0 saturated carbocycles. The Morgan fingerprint density at radius 3 is 2.25 bits per heavy atom. The van der Waals surface area contributed by atoms with E-state index in [-0.39, 0.29) is 5.82 Å². The average Bonchev–Trinajstić information content (AvgIpc) is 2.35. The quantitative estimate of drug-likeness (QED) is 0.903. The number of aliphatic hydroxyl groups is 1. The summed E-state index contributed by atoms with van der Waals surface area (Å²) < 4.78 is 13.9. The van der Waals surface area contributed by atoms with Gasteiger partial charge in [-0.05, 0) is 56.2 Å². The van der Waals surface area contributed by atoms with E-state index in [1.165, 1.54) is 6.07 Å². The summed E-state index contributed by atoms with van der Waals surface area (Å²) in [7, 11) is 1.88. The molecular formula is C17H20FNO. The van der Waals surface area contributed by atoms with E-state index < -0.39 is 6.10 Å². The number of aryl methyl sites for hydroxylation is 2. The van der Waals surface area contributed by atoms with Gasteiger partial charge in [-0.25, -0.2) is 4.39 Å². The minimum absolute atomic E-state index is 0.328. The lowest BCUT2D eigenvalue weighted by molar-refractivity contribution is 0.194. The van der Waals surface area contributed by atoms with E-state index in [1.54, 1.807) is 13.0 Å². The molecule has 2 aromatic rings. The number of hydrogen-bond acceptors (Lipinski definition) is 2. The highest BCUT2D eigenvalue weighted by molar-refractivity contribution is 5.67. The SMILES string of the molecule is Cc1cc(C)cc(N(C)c2cccc(F)c2[C@H](C)O)c1. The van der Waals surface area contributed by atoms with Crippen molar-refractivity contribution in [3.05, 3.63) is 58.9 Å². The molecule has 2 nitrogen and oxygen atoms in total. The number of hydrogen-bond donors (Lipinski definition) is 1. The molecule has 106 valence electrons. The van der Waals surface area contributed by atoms with E-state index in [1.807, 2.05) is 44.0 Å². The maximum atomic E-state index is 13.9. The lowest BCUT2D eigenvalue weighted by Gasteiger charge is -2.25. The number of benzene rings is 2. The van der Waals surface area contributed by atoms with Gasteiger partial charge >= 0.3 is 0 Å². The molecule has 0 aliphatic rings. The van der Waals surface area contributed by atoms with Crippen LogP contribution in [-0.4, -0.2) is 12.2 Å². The minimum Gasteiger partial charge on any atom is -0.389 e. The Morgan fingerprint density at radius 1 is 1.10 bits per heavy atom. The molecule has 1 N–H and O–H groups in total. The molecule has 0 amide bonds. The number of anilines is 2. The summed E-state index contributed by atoms with van der Waals surface area (Å²) in [5.74, 6) is -0.381. The molecule has 0 saturated heterocycles. The maximum absolute atomic E-state index is 13.9. The van der Waals surface area contributed by atoms with Gasteiger partial charge in [0.1, 0.15) is 5.82 Å². The van der Waals surface area contributed by atoms with Crippen molar-refractivity contribution in [3.8, 4) is 0 Å². The Labute approximate surface area is 119 Å². The van der Waals surface area contributed by atoms with Crippen LogP contribution in [0.1, 0.15) is 29.7 Å². The van der Waals surface area contributed by atoms with E-state index in [0.29, 0.717) is 11.3 Å². The monoisotopic (exact) mass is 273 g/mol. The standard InChI is InChI=1S/C17H20FNO/c1-11-8-12(2)10-14(9-11)19(4)16-7-5-6-15(18)17(16)13(3)20/h5-10,13,20H,1-4H3/t13-/m0/s1. The van der Waals surface area contributed by atoms with E-state index in [0.717, 1.165) is 16.8 Å². The minimum atomic E-state index is -0.848. The zero-order valence-electron chi connectivity index (χ0n) is 12.3. The molecule has 0 spiro atoms. The van der Waals surface area contributed by atoms with Gasteiger partial charge in [-0.2, -0.15) is 0 Å². The third kappa shape index (κ3) is 2.83. The van der Waals surface area contributed by atoms with Gasteiger partial charge in [-0.15, -0.1) is 0 Å². The maximum Gasteiger partial charge on any atom is 0.131 e. The summed E-state index contributed by atoms with van der Waals surface area (Å²) in [6.45, 7) is 5.65. The topological polar surface area (TPSA) is 23.5 Å². The molecule has 0 heterocycles. The largest absolute Gasteiger partial charge is 0.389 e. The summed E-state index contributed by atoms with van der Waals surface area (Å²) in [4.78, 5) is 1.91. The van der Waals surface area contributed by atoms with Crippen molar-refractivity contribution in [1.29, 1.82) is 0 Å². The first-order valence-electron chi connectivity index (χ1n) is 6.68. The number of nitrogens with zero attached hydrogens (tertiary/aromatic N) is 1. The van der Waals surface area contributed by atoms with Crippen molar-refractivity contribution in [2.45, 2.75) is 26.9 Å². The number of rotatable bonds is 3. The second-order valence-corrected chi connectivity index (χ2v) is 5.25. The molecule has 0 aromatic heterocycles. The predicted octanol–water partition coefficient (Wildman–Crippen LogP) is 4.26. The van der Waals surface area contributed by atoms with Crippen molar-refractivity contribution >= 4 is 11.4 Å². The van der Waals surface area contributed by atoms with Gasteiger partial charge in [0.2, 0.25) is 0 Å². The molecule has 1 atom stereocenters. The van der Waals surface area contributed by atoms with Crippen molar-refractivity contribution in [1.82, 2.24) is 0 Å². The molecule has 0 aliphatic heterocycles. The lowest BCUT2D eigenvalue weighted by atomic mass is 10.0. The molecule has 0 fully saturated rings. The highest BCUT2D eigenvalue weighted by Crippen LogP contribution is 2.33. The molecule has 0 unspecified atom stereocenters. The fourth-order valence-corrected chi connectivity index (χ4v) is 2.52. The van der Waals surface area contributed by atoms with Gasteiger partial charge in [0, 0.05) is 24.0 Å². The van der Waals surface area contributed by atoms with Crippen LogP contribution in [0.25, 0.3) is 0 Å². The summed E-state index contributed by atoms with van der Waals surface area (Å²) >= 11 is 0. The van der Waals surface area contributed by atoms with Crippen LogP contribution in [0.5, 0.6) is 0 Å². The molecule has 2 rings (SSSR count). The Morgan fingerprint density at radius 2 is 1.70 bits per heavy atom. The molecule has 0 aliphatic carbocycles. The Kier molecular flexibility index (Phi) is 4.09. The molecular weight excluding hydrogens is 253 g/mol. The van der Waals surface area contributed by atoms with E-state index >= 15 is 0 Å². The molecule has 20 heavy (non-hydrogen) atoms. The second-order valence-electron chi connectivity index (χ2n) is 5.25. The van der Waals surface area contributed by atoms with E-state index in [9.17, 15) is 9.50 Å². The zero-order valence-corrected chi connectivity index (χ0v) is 12.3. The number of aliphatic hydroxyl groups excluding tert-OH is 1. The van der Waals surface area contributed by atoms with Crippen LogP contribution in [0.2, 0.25) is 0 Å². The normalized spacial score (nSPS) is 12.3. The fraction of sp³-hybridized carbons (Fsp3) is 0.294. The van der Waals surface area contributed by atoms with E-state index in [4.69, 9.17) is 0 Å². The number of halogens is 1. The van der Waals surface area contributed by atoms with Crippen molar-refractivity contribution in [2.24, 2.45) is 0 Å². The molecule has 3 heteroatoms. The van der Waals surface area contributed by atoms with Crippen LogP contribution in [-0.2, 0) is 0 Å². The van der Waals surface area contributed by atoms with Crippen molar-refractivity contribution < 1.29 is 9.50 Å². The Balaban J connectivity index is 2.53. The van der Waals surface area contributed by atoms with Crippen LogP contribution >= 0.6 is 0 Å². The Bertz CT molecular complexity index is 602.